The number of pyridine rings is 1. The van der Waals surface area contributed by atoms with E-state index in [1.165, 1.54) is 6.07 Å². The van der Waals surface area contributed by atoms with Crippen LogP contribution in [0.2, 0.25) is 5.02 Å². The molecular weight excluding hydrogens is 393 g/mol. The third-order valence-corrected chi connectivity index (χ3v) is 5.00. The molecular formula is C19H20ClF3N4O. The van der Waals surface area contributed by atoms with E-state index < -0.39 is 11.7 Å². The van der Waals surface area contributed by atoms with Gasteiger partial charge in [-0.25, -0.2) is 4.98 Å². The molecule has 9 heteroatoms. The maximum atomic E-state index is 12.6. The van der Waals surface area contributed by atoms with Crippen molar-refractivity contribution in [1.82, 2.24) is 9.88 Å². The van der Waals surface area contributed by atoms with Crippen molar-refractivity contribution in [3.8, 4) is 0 Å². The van der Waals surface area contributed by atoms with Crippen molar-refractivity contribution in [2.24, 2.45) is 0 Å². The summed E-state index contributed by atoms with van der Waals surface area (Å²) < 4.78 is 37.9. The van der Waals surface area contributed by atoms with Gasteiger partial charge in [0.05, 0.1) is 11.6 Å². The highest BCUT2D eigenvalue weighted by atomic mass is 35.5. The number of aromatic nitrogens is 1. The second-order valence-electron chi connectivity index (χ2n) is 6.60. The number of nitrogens with zero attached hydrogens (tertiary/aromatic N) is 3. The number of hydrogen-bond donors (Lipinski definition) is 1. The minimum absolute atomic E-state index is 0.122. The van der Waals surface area contributed by atoms with E-state index in [2.05, 4.69) is 10.3 Å². The maximum absolute atomic E-state index is 12.6. The lowest BCUT2D eigenvalue weighted by Crippen LogP contribution is -2.53. The first kappa shape index (κ1) is 20.4. The molecule has 28 heavy (non-hydrogen) atoms. The van der Waals surface area contributed by atoms with E-state index in [0.29, 0.717) is 42.7 Å². The Morgan fingerprint density at radius 1 is 1.11 bits per heavy atom. The Morgan fingerprint density at radius 2 is 1.75 bits per heavy atom. The second-order valence-corrected chi connectivity index (χ2v) is 7.03. The Kier molecular flexibility index (Phi) is 6.10. The quantitative estimate of drug-likeness (QED) is 0.827. The van der Waals surface area contributed by atoms with Gasteiger partial charge < -0.3 is 10.2 Å². The Hall–Kier alpha value is -2.32. The summed E-state index contributed by atoms with van der Waals surface area (Å²) in [6.07, 6.45) is -3.54. The molecule has 3 rings (SSSR count). The van der Waals surface area contributed by atoms with Crippen LogP contribution in [0.3, 0.4) is 0 Å². The predicted molar refractivity (Wildman–Crippen MR) is 103 cm³/mol. The van der Waals surface area contributed by atoms with Crippen LogP contribution < -0.4 is 10.2 Å². The summed E-state index contributed by atoms with van der Waals surface area (Å²) in [7, 11) is 0. The SMILES string of the molecule is C[C@H](C(=O)Nc1ccc(Cl)cc1)N1CCN(c2ccc(C(F)(F)F)cn2)CC1. The number of halogens is 4. The summed E-state index contributed by atoms with van der Waals surface area (Å²) in [5.41, 5.74) is -0.0868. The molecule has 0 unspecified atom stereocenters. The van der Waals surface area contributed by atoms with E-state index in [1.54, 1.807) is 24.3 Å². The Balaban J connectivity index is 1.54. The fourth-order valence-corrected chi connectivity index (χ4v) is 3.15. The summed E-state index contributed by atoms with van der Waals surface area (Å²) in [6.45, 7) is 4.21. The molecule has 150 valence electrons. The fourth-order valence-electron chi connectivity index (χ4n) is 3.02. The molecule has 0 aliphatic carbocycles. The molecule has 0 saturated carbocycles. The summed E-state index contributed by atoms with van der Waals surface area (Å²) >= 11 is 5.84. The van der Waals surface area contributed by atoms with Crippen molar-refractivity contribution in [2.75, 3.05) is 36.4 Å². The fraction of sp³-hybridized carbons (Fsp3) is 0.368. The van der Waals surface area contributed by atoms with Crippen LogP contribution in [0.25, 0.3) is 0 Å². The predicted octanol–water partition coefficient (Wildman–Crippen LogP) is 3.90. The number of anilines is 2. The summed E-state index contributed by atoms with van der Waals surface area (Å²) in [5.74, 6) is 0.384. The molecule has 1 aromatic carbocycles. The van der Waals surface area contributed by atoms with Crippen LogP contribution in [0.15, 0.2) is 42.6 Å². The van der Waals surface area contributed by atoms with Gasteiger partial charge in [0.15, 0.2) is 0 Å². The molecule has 1 amide bonds. The zero-order valence-corrected chi connectivity index (χ0v) is 16.0. The molecule has 1 N–H and O–H groups in total. The number of amides is 1. The first-order chi connectivity index (χ1) is 13.2. The number of alkyl halides is 3. The van der Waals surface area contributed by atoms with Gasteiger partial charge in [0.2, 0.25) is 5.91 Å². The number of carbonyl (C=O) groups is 1. The Bertz CT molecular complexity index is 803. The summed E-state index contributed by atoms with van der Waals surface area (Å²) in [6, 6.07) is 8.97. The summed E-state index contributed by atoms with van der Waals surface area (Å²) in [4.78, 5) is 20.3. The number of benzene rings is 1. The van der Waals surface area contributed by atoms with E-state index in [0.717, 1.165) is 12.3 Å². The molecule has 0 radical (unpaired) electrons. The van der Waals surface area contributed by atoms with Crippen LogP contribution in [0.4, 0.5) is 24.7 Å². The van der Waals surface area contributed by atoms with Gasteiger partial charge in [-0.05, 0) is 43.3 Å². The van der Waals surface area contributed by atoms with E-state index in [9.17, 15) is 18.0 Å². The van der Waals surface area contributed by atoms with Crippen LogP contribution >= 0.6 is 11.6 Å². The molecule has 1 atom stereocenters. The zero-order chi connectivity index (χ0) is 20.3. The van der Waals surface area contributed by atoms with E-state index >= 15 is 0 Å². The Labute approximate surface area is 166 Å². The lowest BCUT2D eigenvalue weighted by molar-refractivity contribution is -0.137. The van der Waals surface area contributed by atoms with Crippen LogP contribution in [0, 0.1) is 0 Å². The molecule has 1 aliphatic heterocycles. The molecule has 1 aliphatic rings. The smallest absolute Gasteiger partial charge is 0.354 e. The highest BCUT2D eigenvalue weighted by Crippen LogP contribution is 2.29. The maximum Gasteiger partial charge on any atom is 0.417 e. The largest absolute Gasteiger partial charge is 0.417 e. The van der Waals surface area contributed by atoms with Crippen molar-refractivity contribution in [2.45, 2.75) is 19.1 Å². The van der Waals surface area contributed by atoms with Crippen LogP contribution in [0.1, 0.15) is 12.5 Å². The minimum Gasteiger partial charge on any atom is -0.354 e. The van der Waals surface area contributed by atoms with Crippen molar-refractivity contribution in [3.05, 3.63) is 53.2 Å². The van der Waals surface area contributed by atoms with Crippen LogP contribution in [-0.2, 0) is 11.0 Å². The van der Waals surface area contributed by atoms with Gasteiger partial charge in [-0.15, -0.1) is 0 Å². The van der Waals surface area contributed by atoms with Gasteiger partial charge in [0.1, 0.15) is 5.82 Å². The molecule has 2 aromatic rings. The normalized spacial score (nSPS) is 16.7. The number of hydrogen-bond acceptors (Lipinski definition) is 4. The van der Waals surface area contributed by atoms with Crippen molar-refractivity contribution in [1.29, 1.82) is 0 Å². The van der Waals surface area contributed by atoms with Crippen molar-refractivity contribution >= 4 is 29.0 Å². The molecule has 5 nitrogen and oxygen atoms in total. The number of nitrogens with one attached hydrogen (secondary N) is 1. The topological polar surface area (TPSA) is 48.5 Å². The van der Waals surface area contributed by atoms with Gasteiger partial charge in [0, 0.05) is 43.1 Å². The van der Waals surface area contributed by atoms with Gasteiger partial charge >= 0.3 is 6.18 Å². The molecule has 2 heterocycles. The monoisotopic (exact) mass is 412 g/mol. The molecule has 1 saturated heterocycles. The zero-order valence-electron chi connectivity index (χ0n) is 15.2. The van der Waals surface area contributed by atoms with Crippen molar-refractivity contribution in [3.63, 3.8) is 0 Å². The highest BCUT2D eigenvalue weighted by Gasteiger charge is 2.31. The first-order valence-electron chi connectivity index (χ1n) is 8.83. The van der Waals surface area contributed by atoms with Gasteiger partial charge in [-0.1, -0.05) is 11.6 Å². The number of rotatable bonds is 4. The van der Waals surface area contributed by atoms with E-state index in [1.807, 2.05) is 16.7 Å². The van der Waals surface area contributed by atoms with Gasteiger partial charge in [-0.2, -0.15) is 13.2 Å². The van der Waals surface area contributed by atoms with Crippen LogP contribution in [0.5, 0.6) is 0 Å². The Morgan fingerprint density at radius 3 is 2.29 bits per heavy atom. The standard InChI is InChI=1S/C19H20ClF3N4O/c1-13(18(28)25-16-5-3-15(20)4-6-16)26-8-10-27(11-9-26)17-7-2-14(12-24-17)19(21,22)23/h2-7,12-13H,8-11H2,1H3,(H,25,28)/t13-/m1/s1. The van der Waals surface area contributed by atoms with Crippen LogP contribution in [-0.4, -0.2) is 48.0 Å². The first-order valence-corrected chi connectivity index (χ1v) is 9.20. The molecule has 1 aromatic heterocycles. The van der Waals surface area contributed by atoms with Gasteiger partial charge in [-0.3, -0.25) is 9.69 Å². The third-order valence-electron chi connectivity index (χ3n) is 4.75. The second kappa shape index (κ2) is 8.36. The average Bonchev–Trinajstić information content (AvgIpc) is 2.69. The molecule has 0 spiro atoms. The highest BCUT2D eigenvalue weighted by molar-refractivity contribution is 6.30. The molecule has 0 bridgehead atoms. The number of piperazine rings is 1. The van der Waals surface area contributed by atoms with E-state index in [-0.39, 0.29) is 11.9 Å². The van der Waals surface area contributed by atoms with Gasteiger partial charge in [0.25, 0.3) is 0 Å². The lowest BCUT2D eigenvalue weighted by Gasteiger charge is -2.38. The van der Waals surface area contributed by atoms with Crippen molar-refractivity contribution < 1.29 is 18.0 Å². The van der Waals surface area contributed by atoms with E-state index in [4.69, 9.17) is 11.6 Å². The molecule has 1 fully saturated rings. The number of carbonyl (C=O) groups excluding carboxylic acids is 1. The summed E-state index contributed by atoms with van der Waals surface area (Å²) in [5, 5.41) is 3.45. The minimum atomic E-state index is -4.39. The average molecular weight is 413 g/mol. The lowest BCUT2D eigenvalue weighted by atomic mass is 10.2. The third kappa shape index (κ3) is 4.94.